The van der Waals surface area contributed by atoms with Crippen molar-refractivity contribution in [1.82, 2.24) is 20.1 Å². The van der Waals surface area contributed by atoms with E-state index in [4.69, 9.17) is 0 Å². The van der Waals surface area contributed by atoms with Gasteiger partial charge in [-0.2, -0.15) is 0 Å². The van der Waals surface area contributed by atoms with Gasteiger partial charge in [0.1, 0.15) is 0 Å². The molecule has 0 saturated heterocycles. The summed E-state index contributed by atoms with van der Waals surface area (Å²) in [5.41, 5.74) is 2.05. The second kappa shape index (κ2) is 16.3. The number of aliphatic hydroxyl groups is 1. The van der Waals surface area contributed by atoms with Gasteiger partial charge in [0.15, 0.2) is 0 Å². The number of aliphatic hydroxyl groups excluding tert-OH is 1. The summed E-state index contributed by atoms with van der Waals surface area (Å²) >= 11 is 0. The molecule has 10 heteroatoms. The van der Waals surface area contributed by atoms with Crippen molar-refractivity contribution in [1.29, 1.82) is 0 Å². The first-order valence-electron chi connectivity index (χ1n) is 14.0. The molecule has 0 aliphatic heterocycles. The summed E-state index contributed by atoms with van der Waals surface area (Å²) in [7, 11) is -2.08. The van der Waals surface area contributed by atoms with Crippen LogP contribution in [-0.4, -0.2) is 79.3 Å². The first-order valence-corrected chi connectivity index (χ1v) is 15.6. The monoisotopic (exact) mass is 584 g/mol. The molecule has 2 atom stereocenters. The molecule has 41 heavy (non-hydrogen) atoms. The van der Waals surface area contributed by atoms with E-state index in [1.807, 2.05) is 44.2 Å². The lowest BCUT2D eigenvalue weighted by Gasteiger charge is -2.29. The summed E-state index contributed by atoms with van der Waals surface area (Å²) in [6.45, 7) is 9.97. The molecule has 2 amide bonds. The molecule has 0 bridgehead atoms. The van der Waals surface area contributed by atoms with Crippen LogP contribution < -0.4 is 10.1 Å². The van der Waals surface area contributed by atoms with Gasteiger partial charge in [0, 0.05) is 43.4 Å². The van der Waals surface area contributed by atoms with E-state index >= 15 is 0 Å². The molecule has 0 radical (unpaired) electrons. The predicted molar refractivity (Wildman–Crippen MR) is 163 cm³/mol. The first-order chi connectivity index (χ1) is 19.4. The van der Waals surface area contributed by atoms with Crippen molar-refractivity contribution in [2.24, 2.45) is 0 Å². The molecule has 0 aromatic heterocycles. The van der Waals surface area contributed by atoms with Gasteiger partial charge in [0.25, 0.3) is 11.8 Å². The Balaban J connectivity index is 2.38. The lowest BCUT2D eigenvalue weighted by molar-refractivity contribution is 0.0687. The number of carbonyl (C=O) groups is 2. The fraction of sp³-hybridized carbons (Fsp3) is 0.484. The highest BCUT2D eigenvalue weighted by Crippen LogP contribution is 2.15. The Morgan fingerprint density at radius 3 is 2.17 bits per heavy atom. The third kappa shape index (κ3) is 10.6. The molecule has 0 fully saturated rings. The third-order valence-corrected chi connectivity index (χ3v) is 8.24. The summed E-state index contributed by atoms with van der Waals surface area (Å²) in [5.74, 6) is 5.14. The summed E-state index contributed by atoms with van der Waals surface area (Å²) in [6, 6.07) is 13.5. The van der Waals surface area contributed by atoms with Gasteiger partial charge in [0.05, 0.1) is 17.4 Å². The van der Waals surface area contributed by atoms with Gasteiger partial charge < -0.3 is 15.3 Å². The van der Waals surface area contributed by atoms with Crippen LogP contribution in [-0.2, 0) is 16.4 Å². The number of hydrazine groups is 1. The minimum atomic E-state index is -3.60. The molecule has 0 aliphatic rings. The molecule has 224 valence electrons. The van der Waals surface area contributed by atoms with Crippen LogP contribution in [0.1, 0.15) is 79.3 Å². The molecule has 2 aromatic rings. The molecular formula is C31H44N4O5S. The lowest BCUT2D eigenvalue weighted by atomic mass is 9.99. The van der Waals surface area contributed by atoms with Crippen molar-refractivity contribution in [2.75, 3.05) is 26.7 Å². The zero-order valence-electron chi connectivity index (χ0n) is 25.0. The molecule has 0 heterocycles. The number of carbonyl (C=O) groups excluding carboxylic acids is 2. The van der Waals surface area contributed by atoms with Crippen LogP contribution in [0, 0.1) is 11.8 Å². The number of likely N-dealkylation sites (N-methyl/N-ethyl adjacent to an activating group) is 1. The zero-order chi connectivity index (χ0) is 30.6. The number of nitrogens with one attached hydrogen (secondary N) is 2. The highest BCUT2D eigenvalue weighted by atomic mass is 32.2. The molecule has 2 unspecified atom stereocenters. The van der Waals surface area contributed by atoms with Gasteiger partial charge in [-0.1, -0.05) is 50.1 Å². The zero-order valence-corrected chi connectivity index (χ0v) is 25.8. The van der Waals surface area contributed by atoms with E-state index in [-0.39, 0.29) is 18.0 Å². The molecule has 2 rings (SSSR count). The molecular weight excluding hydrogens is 540 g/mol. The smallest absolute Gasteiger partial charge is 0.253 e. The van der Waals surface area contributed by atoms with E-state index in [9.17, 15) is 23.1 Å². The van der Waals surface area contributed by atoms with E-state index in [2.05, 4.69) is 22.0 Å². The minimum Gasteiger partial charge on any atom is -0.390 e. The van der Waals surface area contributed by atoms with Crippen molar-refractivity contribution in [3.8, 4) is 11.8 Å². The summed E-state index contributed by atoms with van der Waals surface area (Å²) in [5, 5.41) is 14.7. The second-order valence-electron chi connectivity index (χ2n) is 10.4. The first kappa shape index (κ1) is 34.0. The number of sulfonamides is 1. The number of rotatable bonds is 15. The van der Waals surface area contributed by atoms with E-state index in [1.54, 1.807) is 43.9 Å². The summed E-state index contributed by atoms with van der Waals surface area (Å²) < 4.78 is 24.6. The maximum atomic E-state index is 13.6. The molecule has 0 spiro atoms. The fourth-order valence-electron chi connectivity index (χ4n) is 4.31. The molecule has 0 saturated carbocycles. The Morgan fingerprint density at radius 1 is 1.00 bits per heavy atom. The summed E-state index contributed by atoms with van der Waals surface area (Å²) in [4.78, 5) is 31.2. The van der Waals surface area contributed by atoms with Gasteiger partial charge in [-0.05, 0) is 63.8 Å². The number of benzene rings is 2. The van der Waals surface area contributed by atoms with E-state index in [1.165, 1.54) is 12.1 Å². The maximum Gasteiger partial charge on any atom is 0.253 e. The van der Waals surface area contributed by atoms with Gasteiger partial charge >= 0.3 is 0 Å². The van der Waals surface area contributed by atoms with Gasteiger partial charge in [-0.3, -0.25) is 9.59 Å². The summed E-state index contributed by atoms with van der Waals surface area (Å²) in [6.07, 6.45) is 0.811. The Kier molecular flexibility index (Phi) is 13.5. The Labute approximate surface area is 245 Å². The van der Waals surface area contributed by atoms with Crippen LogP contribution in [0.4, 0.5) is 0 Å². The number of amides is 2. The van der Waals surface area contributed by atoms with Crippen molar-refractivity contribution >= 4 is 21.8 Å². The maximum absolute atomic E-state index is 13.6. The van der Waals surface area contributed by atoms with E-state index in [0.29, 0.717) is 30.6 Å². The van der Waals surface area contributed by atoms with Gasteiger partial charge in [-0.15, -0.1) is 10.8 Å². The lowest BCUT2D eigenvalue weighted by Crippen LogP contribution is -2.52. The van der Waals surface area contributed by atoms with Crippen LogP contribution in [0.3, 0.4) is 0 Å². The topological polar surface area (TPSA) is 119 Å². The van der Waals surface area contributed by atoms with Crippen LogP contribution in [0.2, 0.25) is 0 Å². The molecule has 3 N–H and O–H groups in total. The Hall–Kier alpha value is -3.23. The van der Waals surface area contributed by atoms with Crippen molar-refractivity contribution < 1.29 is 23.1 Å². The van der Waals surface area contributed by atoms with Crippen molar-refractivity contribution in [3.05, 3.63) is 70.8 Å². The van der Waals surface area contributed by atoms with Crippen LogP contribution in [0.5, 0.6) is 0 Å². The second-order valence-corrected chi connectivity index (χ2v) is 12.6. The van der Waals surface area contributed by atoms with E-state index in [0.717, 1.165) is 18.4 Å². The van der Waals surface area contributed by atoms with Gasteiger partial charge in [-0.25, -0.2) is 13.4 Å². The Bertz CT molecular complexity index is 1310. The standard InChI is InChI=1S/C31H44N4O5S/c1-7-13-25-18-26(21-27(19-25)31(38)35(16-8-2)17-9-3)30(37)32-28(20-24-14-11-10-12-15-24)29(36)22-34(6)33-41(39,40)23(4)5/h10-12,14-15,18-19,21,23,28-29,33,36H,8-9,16-17,20,22H2,1-6H3,(H,32,37). The van der Waals surface area contributed by atoms with Gasteiger partial charge in [0.2, 0.25) is 10.0 Å². The SMILES string of the molecule is CC#Cc1cc(C(=O)NC(Cc2ccccc2)C(O)CN(C)NS(=O)(=O)C(C)C)cc(C(=O)N(CCC)CCC)c1. The number of hydrogen-bond donors (Lipinski definition) is 3. The predicted octanol–water partition coefficient (Wildman–Crippen LogP) is 3.20. The average molecular weight is 585 g/mol. The highest BCUT2D eigenvalue weighted by Gasteiger charge is 2.27. The van der Waals surface area contributed by atoms with Crippen molar-refractivity contribution in [2.45, 2.75) is 71.3 Å². The number of nitrogens with zero attached hydrogens (tertiary/aromatic N) is 2. The Morgan fingerprint density at radius 2 is 1.61 bits per heavy atom. The quantitative estimate of drug-likeness (QED) is 0.219. The van der Waals surface area contributed by atoms with Crippen LogP contribution in [0.15, 0.2) is 48.5 Å². The average Bonchev–Trinajstić information content (AvgIpc) is 2.92. The van der Waals surface area contributed by atoms with Crippen LogP contribution in [0.25, 0.3) is 0 Å². The largest absolute Gasteiger partial charge is 0.390 e. The third-order valence-electron chi connectivity index (χ3n) is 6.43. The minimum absolute atomic E-state index is 0.0716. The number of hydrogen-bond acceptors (Lipinski definition) is 6. The van der Waals surface area contributed by atoms with Crippen molar-refractivity contribution in [3.63, 3.8) is 0 Å². The normalized spacial score (nSPS) is 12.9. The highest BCUT2D eigenvalue weighted by molar-refractivity contribution is 7.90. The molecule has 2 aromatic carbocycles. The molecule has 9 nitrogen and oxygen atoms in total. The van der Waals surface area contributed by atoms with Crippen LogP contribution >= 0.6 is 0 Å². The fourth-order valence-corrected chi connectivity index (χ4v) is 5.03. The van der Waals surface area contributed by atoms with E-state index < -0.39 is 33.3 Å². The molecule has 0 aliphatic carbocycles.